The van der Waals surface area contributed by atoms with Crippen LogP contribution in [0.25, 0.3) is 0 Å². The highest BCUT2D eigenvalue weighted by Crippen LogP contribution is 2.04. The second-order valence-electron chi connectivity index (χ2n) is 1.74. The molecule has 1 rings (SSSR count). The highest BCUT2D eigenvalue weighted by Gasteiger charge is 2.04. The first-order chi connectivity index (χ1) is 4.68. The maximum Gasteiger partial charge on any atom is 0.311 e. The van der Waals surface area contributed by atoms with Crippen molar-refractivity contribution in [3.05, 3.63) is 12.0 Å². The third kappa shape index (κ3) is 1.48. The van der Waals surface area contributed by atoms with Crippen LogP contribution in [-0.2, 0) is 11.2 Å². The topological polar surface area (TPSA) is 89.3 Å². The number of nitrogens with two attached hydrogens (primary N) is 1. The molecular formula is C5H6N2O3. The standard InChI is InChI=1S/C5H6N2O3/c6-5-7-2-3(10-5)1-4(8)9/h2H,1H2,(H2,6,7)(H,8,9). The maximum atomic E-state index is 10.0. The van der Waals surface area contributed by atoms with Gasteiger partial charge in [0, 0.05) is 0 Å². The molecule has 0 aromatic carbocycles. The fourth-order valence-electron chi connectivity index (χ4n) is 0.553. The van der Waals surface area contributed by atoms with E-state index in [0.29, 0.717) is 0 Å². The number of rotatable bonds is 2. The molecule has 54 valence electrons. The van der Waals surface area contributed by atoms with Gasteiger partial charge < -0.3 is 15.3 Å². The number of anilines is 1. The van der Waals surface area contributed by atoms with Crippen LogP contribution in [0.3, 0.4) is 0 Å². The van der Waals surface area contributed by atoms with Gasteiger partial charge >= 0.3 is 5.97 Å². The number of oxazole rings is 1. The van der Waals surface area contributed by atoms with Crippen molar-refractivity contribution in [2.24, 2.45) is 0 Å². The third-order valence-electron chi connectivity index (χ3n) is 0.897. The van der Waals surface area contributed by atoms with Gasteiger partial charge in [0.1, 0.15) is 12.2 Å². The van der Waals surface area contributed by atoms with E-state index in [1.54, 1.807) is 0 Å². The fourth-order valence-corrected chi connectivity index (χ4v) is 0.553. The maximum absolute atomic E-state index is 10.0. The van der Waals surface area contributed by atoms with Crippen LogP contribution < -0.4 is 5.73 Å². The number of aromatic nitrogens is 1. The molecule has 5 nitrogen and oxygen atoms in total. The first-order valence-corrected chi connectivity index (χ1v) is 2.60. The largest absolute Gasteiger partial charge is 0.481 e. The van der Waals surface area contributed by atoms with Crippen molar-refractivity contribution >= 4 is 12.0 Å². The first-order valence-electron chi connectivity index (χ1n) is 2.60. The summed E-state index contributed by atoms with van der Waals surface area (Å²) < 4.78 is 4.68. The highest BCUT2D eigenvalue weighted by molar-refractivity contribution is 5.69. The van der Waals surface area contributed by atoms with Crippen LogP contribution in [0.5, 0.6) is 0 Å². The van der Waals surface area contributed by atoms with Crippen LogP contribution in [0, 0.1) is 0 Å². The Morgan fingerprint density at radius 1 is 1.90 bits per heavy atom. The highest BCUT2D eigenvalue weighted by atomic mass is 16.4. The Balaban J connectivity index is 2.67. The predicted octanol–water partition coefficient (Wildman–Crippen LogP) is -0.116. The van der Waals surface area contributed by atoms with Crippen molar-refractivity contribution in [2.75, 3.05) is 5.73 Å². The molecule has 0 spiro atoms. The summed E-state index contributed by atoms with van der Waals surface area (Å²) in [6.07, 6.45) is 1.12. The third-order valence-corrected chi connectivity index (χ3v) is 0.897. The number of carboxylic acid groups (broad SMARTS) is 1. The molecule has 10 heavy (non-hydrogen) atoms. The van der Waals surface area contributed by atoms with E-state index in [1.807, 2.05) is 0 Å². The van der Waals surface area contributed by atoms with E-state index in [9.17, 15) is 4.79 Å². The molecule has 1 aromatic rings. The molecule has 0 radical (unpaired) electrons. The molecule has 0 fully saturated rings. The number of carbonyl (C=O) groups is 1. The number of carboxylic acids is 1. The summed E-state index contributed by atoms with van der Waals surface area (Å²) in [7, 11) is 0. The van der Waals surface area contributed by atoms with Gasteiger partial charge in [0.15, 0.2) is 0 Å². The minimum Gasteiger partial charge on any atom is -0.481 e. The molecule has 1 heterocycles. The lowest BCUT2D eigenvalue weighted by Crippen LogP contribution is -1.97. The van der Waals surface area contributed by atoms with Crippen LogP contribution >= 0.6 is 0 Å². The van der Waals surface area contributed by atoms with Gasteiger partial charge in [0.2, 0.25) is 0 Å². The molecule has 0 aliphatic carbocycles. The molecule has 1 aromatic heterocycles. The Labute approximate surface area is 56.5 Å². The molecule has 0 bridgehead atoms. The fraction of sp³-hybridized carbons (Fsp3) is 0.200. The van der Waals surface area contributed by atoms with Gasteiger partial charge in [-0.15, -0.1) is 0 Å². The summed E-state index contributed by atoms with van der Waals surface area (Å²) in [4.78, 5) is 13.6. The summed E-state index contributed by atoms with van der Waals surface area (Å²) >= 11 is 0. The molecule has 0 amide bonds. The van der Waals surface area contributed by atoms with Crippen molar-refractivity contribution in [3.63, 3.8) is 0 Å². The Morgan fingerprint density at radius 3 is 3.00 bits per heavy atom. The van der Waals surface area contributed by atoms with Crippen LogP contribution in [0.4, 0.5) is 6.01 Å². The SMILES string of the molecule is Nc1ncc(CC(=O)O)o1. The number of nitrogen functional groups attached to an aromatic ring is 1. The Hall–Kier alpha value is -1.52. The summed E-state index contributed by atoms with van der Waals surface area (Å²) in [5.41, 5.74) is 5.08. The molecule has 0 saturated heterocycles. The lowest BCUT2D eigenvalue weighted by molar-refractivity contribution is -0.136. The molecule has 0 aliphatic rings. The minimum absolute atomic E-state index is 0.00347. The van der Waals surface area contributed by atoms with E-state index in [-0.39, 0.29) is 18.2 Å². The second-order valence-corrected chi connectivity index (χ2v) is 1.74. The molecule has 3 N–H and O–H groups in total. The van der Waals surface area contributed by atoms with Crippen LogP contribution in [0.2, 0.25) is 0 Å². The zero-order valence-corrected chi connectivity index (χ0v) is 5.07. The Kier molecular flexibility index (Phi) is 1.57. The molecule has 0 atom stereocenters. The van der Waals surface area contributed by atoms with E-state index >= 15 is 0 Å². The number of aliphatic carboxylic acids is 1. The molecule has 0 unspecified atom stereocenters. The average molecular weight is 142 g/mol. The minimum atomic E-state index is -0.962. The average Bonchev–Trinajstić information content (AvgIpc) is 2.13. The summed E-state index contributed by atoms with van der Waals surface area (Å²) in [5, 5.41) is 8.25. The summed E-state index contributed by atoms with van der Waals surface area (Å²) in [5.74, 6) is -0.693. The van der Waals surface area contributed by atoms with Crippen molar-refractivity contribution in [3.8, 4) is 0 Å². The van der Waals surface area contributed by atoms with Gasteiger partial charge in [0.25, 0.3) is 6.01 Å². The lowest BCUT2D eigenvalue weighted by atomic mass is 10.4. The Bertz CT molecular complexity index is 243. The number of hydrogen-bond donors (Lipinski definition) is 2. The Morgan fingerprint density at radius 2 is 2.60 bits per heavy atom. The van der Waals surface area contributed by atoms with Gasteiger partial charge in [-0.25, -0.2) is 4.98 Å². The molecular weight excluding hydrogens is 136 g/mol. The van der Waals surface area contributed by atoms with Gasteiger partial charge in [-0.1, -0.05) is 0 Å². The van der Waals surface area contributed by atoms with Crippen molar-refractivity contribution < 1.29 is 14.3 Å². The van der Waals surface area contributed by atoms with Gasteiger partial charge in [-0.3, -0.25) is 4.79 Å². The number of hydrogen-bond acceptors (Lipinski definition) is 4. The normalized spacial score (nSPS) is 9.60. The van der Waals surface area contributed by atoms with E-state index < -0.39 is 5.97 Å². The molecule has 0 saturated carbocycles. The monoisotopic (exact) mass is 142 g/mol. The molecule has 5 heteroatoms. The summed E-state index contributed by atoms with van der Waals surface area (Å²) in [6, 6.07) is -0.00347. The van der Waals surface area contributed by atoms with E-state index in [2.05, 4.69) is 9.40 Å². The van der Waals surface area contributed by atoms with Crippen molar-refractivity contribution in [1.29, 1.82) is 0 Å². The van der Waals surface area contributed by atoms with E-state index in [0.717, 1.165) is 0 Å². The van der Waals surface area contributed by atoms with E-state index in [1.165, 1.54) is 6.20 Å². The zero-order chi connectivity index (χ0) is 7.56. The van der Waals surface area contributed by atoms with Gasteiger partial charge in [-0.2, -0.15) is 0 Å². The smallest absolute Gasteiger partial charge is 0.311 e. The summed E-state index contributed by atoms with van der Waals surface area (Å²) in [6.45, 7) is 0. The van der Waals surface area contributed by atoms with Crippen molar-refractivity contribution in [2.45, 2.75) is 6.42 Å². The number of nitrogens with zero attached hydrogens (tertiary/aromatic N) is 1. The van der Waals surface area contributed by atoms with Crippen LogP contribution in [0.1, 0.15) is 5.76 Å². The van der Waals surface area contributed by atoms with E-state index in [4.69, 9.17) is 10.8 Å². The predicted molar refractivity (Wildman–Crippen MR) is 32.3 cm³/mol. The zero-order valence-electron chi connectivity index (χ0n) is 5.07. The first kappa shape index (κ1) is 6.60. The van der Waals surface area contributed by atoms with Crippen molar-refractivity contribution in [1.82, 2.24) is 4.98 Å². The quantitative estimate of drug-likeness (QED) is 0.601. The van der Waals surface area contributed by atoms with Crippen LogP contribution in [-0.4, -0.2) is 16.1 Å². The molecule has 0 aliphatic heterocycles. The lowest BCUT2D eigenvalue weighted by Gasteiger charge is -1.85. The van der Waals surface area contributed by atoms with Gasteiger partial charge in [0.05, 0.1) is 6.20 Å². The van der Waals surface area contributed by atoms with Gasteiger partial charge in [-0.05, 0) is 0 Å². The van der Waals surface area contributed by atoms with Crippen LogP contribution in [0.15, 0.2) is 10.6 Å². The second kappa shape index (κ2) is 2.38.